The van der Waals surface area contributed by atoms with Crippen molar-refractivity contribution in [2.75, 3.05) is 32.8 Å². The van der Waals surface area contributed by atoms with E-state index in [0.717, 1.165) is 25.1 Å². The van der Waals surface area contributed by atoms with Crippen LogP contribution in [-0.4, -0.2) is 49.6 Å². The number of carbonyl (C=O) groups is 2. The maximum absolute atomic E-state index is 12.2. The predicted octanol–water partition coefficient (Wildman–Crippen LogP) is 2.42. The molecule has 1 fully saturated rings. The van der Waals surface area contributed by atoms with Gasteiger partial charge in [-0.1, -0.05) is 18.5 Å². The van der Waals surface area contributed by atoms with Gasteiger partial charge in [-0.15, -0.1) is 0 Å². The summed E-state index contributed by atoms with van der Waals surface area (Å²) < 4.78 is 11.0. The van der Waals surface area contributed by atoms with E-state index < -0.39 is 0 Å². The molecule has 0 spiro atoms. The number of nitrogens with zero attached hydrogens (tertiary/aromatic N) is 1. The average molecular weight is 381 g/mol. The summed E-state index contributed by atoms with van der Waals surface area (Å²) in [7, 11) is 0. The molecule has 0 radical (unpaired) electrons. The summed E-state index contributed by atoms with van der Waals surface area (Å²) in [6.45, 7) is 5.10. The van der Waals surface area contributed by atoms with Crippen LogP contribution in [0.25, 0.3) is 0 Å². The van der Waals surface area contributed by atoms with E-state index in [2.05, 4.69) is 12.2 Å². The second-order valence-electron chi connectivity index (χ2n) is 6.97. The number of hydrogen-bond donors (Lipinski definition) is 1. The number of likely N-dealkylation sites (tertiary alicyclic amines) is 1. The van der Waals surface area contributed by atoms with Crippen LogP contribution in [0.5, 0.6) is 11.5 Å². The highest BCUT2D eigenvalue weighted by molar-refractivity contribution is 6.32. The molecule has 1 saturated heterocycles. The number of hydrogen-bond acceptors (Lipinski definition) is 4. The number of benzene rings is 1. The number of ether oxygens (including phenoxy) is 2. The van der Waals surface area contributed by atoms with Crippen molar-refractivity contribution in [3.8, 4) is 11.5 Å². The number of amides is 2. The molecule has 26 heavy (non-hydrogen) atoms. The molecular weight excluding hydrogens is 356 g/mol. The molecule has 0 saturated carbocycles. The summed E-state index contributed by atoms with van der Waals surface area (Å²) in [4.78, 5) is 26.3. The van der Waals surface area contributed by atoms with E-state index in [1.165, 1.54) is 6.42 Å². The first-order valence-corrected chi connectivity index (χ1v) is 9.53. The Hall–Kier alpha value is -1.95. The zero-order valence-electron chi connectivity index (χ0n) is 15.1. The lowest BCUT2D eigenvalue weighted by atomic mass is 10.00. The second kappa shape index (κ2) is 8.62. The van der Waals surface area contributed by atoms with Crippen molar-refractivity contribution in [1.29, 1.82) is 0 Å². The molecular formula is C19H25ClN2O4. The van der Waals surface area contributed by atoms with E-state index in [9.17, 15) is 9.59 Å². The van der Waals surface area contributed by atoms with E-state index in [1.807, 2.05) is 4.90 Å². The molecule has 1 aromatic carbocycles. The fraction of sp³-hybridized carbons (Fsp3) is 0.579. The van der Waals surface area contributed by atoms with Crippen molar-refractivity contribution >= 4 is 23.4 Å². The molecule has 6 nitrogen and oxygen atoms in total. The van der Waals surface area contributed by atoms with Gasteiger partial charge in [0.15, 0.2) is 11.5 Å². The van der Waals surface area contributed by atoms with Crippen molar-refractivity contribution in [2.45, 2.75) is 32.6 Å². The van der Waals surface area contributed by atoms with Gasteiger partial charge in [0.2, 0.25) is 11.8 Å². The van der Waals surface area contributed by atoms with Gasteiger partial charge in [0, 0.05) is 26.1 Å². The molecule has 1 unspecified atom stereocenters. The summed E-state index contributed by atoms with van der Waals surface area (Å²) in [5.41, 5.74) is 0.757. The molecule has 2 amide bonds. The van der Waals surface area contributed by atoms with Crippen LogP contribution in [0.15, 0.2) is 12.1 Å². The molecule has 142 valence electrons. The van der Waals surface area contributed by atoms with Crippen molar-refractivity contribution in [2.24, 2.45) is 5.92 Å². The molecule has 2 aliphatic heterocycles. The molecule has 1 aromatic rings. The second-order valence-corrected chi connectivity index (χ2v) is 7.37. The number of rotatable bonds is 5. The van der Waals surface area contributed by atoms with Gasteiger partial charge in [0.25, 0.3) is 0 Å². The minimum absolute atomic E-state index is 0.110. The molecule has 1 N–H and O–H groups in total. The predicted molar refractivity (Wildman–Crippen MR) is 98.8 cm³/mol. The summed E-state index contributed by atoms with van der Waals surface area (Å²) in [6.07, 6.45) is 2.76. The minimum atomic E-state index is -0.141. The van der Waals surface area contributed by atoms with E-state index in [4.69, 9.17) is 21.1 Å². The van der Waals surface area contributed by atoms with Gasteiger partial charge >= 0.3 is 0 Å². The normalized spacial score (nSPS) is 19.2. The van der Waals surface area contributed by atoms with E-state index >= 15 is 0 Å². The maximum Gasteiger partial charge on any atom is 0.224 e. The van der Waals surface area contributed by atoms with Crippen LogP contribution in [0.3, 0.4) is 0 Å². The molecule has 2 heterocycles. The monoisotopic (exact) mass is 380 g/mol. The Bertz CT molecular complexity index is 680. The maximum atomic E-state index is 12.2. The SMILES string of the molecule is CC1CCCN(C(=O)CCNC(=O)Cc2cc(Cl)c3c(c2)OCCO3)C1. The standard InChI is InChI=1S/C19H25ClN2O4/c1-13-3-2-6-22(12-13)18(24)4-5-21-17(23)11-14-9-15(20)19-16(10-14)25-7-8-26-19/h9-10,13H,2-8,11-12H2,1H3,(H,21,23). The Morgan fingerprint density at radius 1 is 1.31 bits per heavy atom. The third-order valence-electron chi connectivity index (χ3n) is 4.69. The fourth-order valence-corrected chi connectivity index (χ4v) is 3.68. The molecule has 0 aliphatic carbocycles. The zero-order valence-corrected chi connectivity index (χ0v) is 15.8. The highest BCUT2D eigenvalue weighted by Gasteiger charge is 2.21. The lowest BCUT2D eigenvalue weighted by molar-refractivity contribution is -0.132. The number of halogens is 1. The van der Waals surface area contributed by atoms with Crippen LogP contribution in [0.2, 0.25) is 5.02 Å². The quantitative estimate of drug-likeness (QED) is 0.851. The van der Waals surface area contributed by atoms with Crippen LogP contribution in [0.4, 0.5) is 0 Å². The Morgan fingerprint density at radius 2 is 2.12 bits per heavy atom. The Morgan fingerprint density at radius 3 is 2.92 bits per heavy atom. The highest BCUT2D eigenvalue weighted by Crippen LogP contribution is 2.38. The van der Waals surface area contributed by atoms with Gasteiger partial charge in [0.1, 0.15) is 13.2 Å². The summed E-state index contributed by atoms with van der Waals surface area (Å²) in [5.74, 6) is 1.63. The largest absolute Gasteiger partial charge is 0.486 e. The Balaban J connectivity index is 1.46. The molecule has 2 aliphatic rings. The van der Waals surface area contributed by atoms with Gasteiger partial charge in [-0.3, -0.25) is 9.59 Å². The summed E-state index contributed by atoms with van der Waals surface area (Å²) in [5, 5.41) is 3.25. The van der Waals surface area contributed by atoms with E-state index in [1.54, 1.807) is 12.1 Å². The average Bonchev–Trinajstić information content (AvgIpc) is 2.61. The third-order valence-corrected chi connectivity index (χ3v) is 4.97. The van der Waals surface area contributed by atoms with Gasteiger partial charge in [-0.2, -0.15) is 0 Å². The first-order chi connectivity index (χ1) is 12.5. The van der Waals surface area contributed by atoms with Crippen molar-refractivity contribution in [1.82, 2.24) is 10.2 Å². The van der Waals surface area contributed by atoms with Crippen LogP contribution < -0.4 is 14.8 Å². The van der Waals surface area contributed by atoms with Crippen molar-refractivity contribution in [3.63, 3.8) is 0 Å². The van der Waals surface area contributed by atoms with Crippen molar-refractivity contribution < 1.29 is 19.1 Å². The summed E-state index contributed by atoms with van der Waals surface area (Å²) in [6, 6.07) is 3.50. The first-order valence-electron chi connectivity index (χ1n) is 9.15. The van der Waals surface area contributed by atoms with Gasteiger partial charge in [-0.05, 0) is 36.5 Å². The molecule has 0 aromatic heterocycles. The molecule has 3 rings (SSSR count). The third kappa shape index (κ3) is 4.81. The number of fused-ring (bicyclic) bond motifs is 1. The van der Waals surface area contributed by atoms with Gasteiger partial charge < -0.3 is 19.7 Å². The van der Waals surface area contributed by atoms with Crippen molar-refractivity contribution in [3.05, 3.63) is 22.7 Å². The zero-order chi connectivity index (χ0) is 18.5. The number of piperidine rings is 1. The van der Waals surface area contributed by atoms with Crippen LogP contribution >= 0.6 is 11.6 Å². The lowest BCUT2D eigenvalue weighted by Crippen LogP contribution is -2.40. The molecule has 0 bridgehead atoms. The first kappa shape index (κ1) is 18.8. The molecule has 1 atom stereocenters. The number of carbonyl (C=O) groups excluding carboxylic acids is 2. The van der Waals surface area contributed by atoms with E-state index in [0.29, 0.717) is 48.6 Å². The minimum Gasteiger partial charge on any atom is -0.486 e. The number of nitrogens with one attached hydrogen (secondary N) is 1. The van der Waals surface area contributed by atoms with Gasteiger partial charge in [-0.25, -0.2) is 0 Å². The van der Waals surface area contributed by atoms with E-state index in [-0.39, 0.29) is 18.2 Å². The Kier molecular flexibility index (Phi) is 6.25. The van der Waals surface area contributed by atoms with Crippen LogP contribution in [0.1, 0.15) is 31.7 Å². The topological polar surface area (TPSA) is 67.9 Å². The smallest absolute Gasteiger partial charge is 0.224 e. The van der Waals surface area contributed by atoms with Gasteiger partial charge in [0.05, 0.1) is 11.4 Å². The lowest BCUT2D eigenvalue weighted by Gasteiger charge is -2.31. The highest BCUT2D eigenvalue weighted by atomic mass is 35.5. The summed E-state index contributed by atoms with van der Waals surface area (Å²) >= 11 is 6.19. The Labute approximate surface area is 158 Å². The molecule has 7 heteroatoms. The van der Waals surface area contributed by atoms with Crippen LogP contribution in [0, 0.1) is 5.92 Å². The van der Waals surface area contributed by atoms with Crippen LogP contribution in [-0.2, 0) is 16.0 Å². The fourth-order valence-electron chi connectivity index (χ4n) is 3.40.